The number of hydrogen-bond acceptors (Lipinski definition) is 4. The third-order valence-corrected chi connectivity index (χ3v) is 4.39. The summed E-state index contributed by atoms with van der Waals surface area (Å²) >= 11 is 3.18. The van der Waals surface area contributed by atoms with Crippen molar-refractivity contribution in [2.75, 3.05) is 24.6 Å². The Balaban J connectivity index is 2.27. The molecule has 0 amide bonds. The zero-order valence-electron chi connectivity index (χ0n) is 11.9. The van der Waals surface area contributed by atoms with Crippen molar-refractivity contribution in [1.29, 1.82) is 0 Å². The molecule has 1 aromatic rings. The highest BCUT2D eigenvalue weighted by molar-refractivity contribution is 9.10. The van der Waals surface area contributed by atoms with E-state index in [1.807, 2.05) is 11.8 Å². The number of halogens is 2. The Morgan fingerprint density at radius 1 is 1.62 bits per heavy atom. The number of rotatable bonds is 5. The van der Waals surface area contributed by atoms with E-state index >= 15 is 0 Å². The van der Waals surface area contributed by atoms with Gasteiger partial charge in [0.05, 0.1) is 16.3 Å². The van der Waals surface area contributed by atoms with Crippen molar-refractivity contribution in [3.05, 3.63) is 28.0 Å². The summed E-state index contributed by atoms with van der Waals surface area (Å²) in [7, 11) is 0. The van der Waals surface area contributed by atoms with Gasteiger partial charge in [-0.2, -0.15) is 0 Å². The van der Waals surface area contributed by atoms with Gasteiger partial charge in [0.25, 0.3) is 0 Å². The number of hydrogen-bond donors (Lipinski definition) is 2. The van der Waals surface area contributed by atoms with Crippen LogP contribution in [0.1, 0.15) is 25.3 Å². The van der Waals surface area contributed by atoms with Crippen LogP contribution in [0.25, 0.3) is 0 Å². The van der Waals surface area contributed by atoms with Crippen LogP contribution in [-0.4, -0.2) is 36.8 Å². The molecule has 0 spiro atoms. The van der Waals surface area contributed by atoms with Crippen LogP contribution in [0.15, 0.2) is 21.8 Å². The average Bonchev–Trinajstić information content (AvgIpc) is 3.00. The summed E-state index contributed by atoms with van der Waals surface area (Å²) < 4.78 is 20.4. The van der Waals surface area contributed by atoms with Crippen molar-refractivity contribution < 1.29 is 14.3 Å². The normalized spacial score (nSPS) is 19.0. The minimum Gasteiger partial charge on any atom is -0.409 e. The number of nitrogens with zero attached hydrogens (tertiary/aromatic N) is 2. The van der Waals surface area contributed by atoms with Crippen LogP contribution >= 0.6 is 15.9 Å². The lowest BCUT2D eigenvalue weighted by molar-refractivity contribution is 0.115. The first-order valence-corrected chi connectivity index (χ1v) is 7.70. The number of likely N-dealkylation sites (N-methyl/N-ethyl adjacent to an activating group) is 1. The Hall–Kier alpha value is -1.34. The molecule has 5 nitrogen and oxygen atoms in total. The van der Waals surface area contributed by atoms with Gasteiger partial charge in [0.15, 0.2) is 11.7 Å². The van der Waals surface area contributed by atoms with Crippen molar-refractivity contribution in [2.24, 2.45) is 10.9 Å². The number of oxime groups is 1. The lowest BCUT2D eigenvalue weighted by Gasteiger charge is -2.27. The summed E-state index contributed by atoms with van der Waals surface area (Å²) in [5, 5.41) is 11.6. The van der Waals surface area contributed by atoms with Gasteiger partial charge >= 0.3 is 0 Å². The smallest absolute Gasteiger partial charge is 0.171 e. The maximum absolute atomic E-state index is 14.5. The molecule has 1 atom stereocenters. The zero-order valence-corrected chi connectivity index (χ0v) is 13.4. The van der Waals surface area contributed by atoms with Gasteiger partial charge < -0.3 is 20.6 Å². The molecule has 0 bridgehead atoms. The maximum Gasteiger partial charge on any atom is 0.171 e. The summed E-state index contributed by atoms with van der Waals surface area (Å²) in [6, 6.07) is 3.28. The fourth-order valence-electron chi connectivity index (χ4n) is 2.47. The summed E-state index contributed by atoms with van der Waals surface area (Å²) in [6.07, 6.45) is 2.20. The van der Waals surface area contributed by atoms with Crippen molar-refractivity contribution in [3.8, 4) is 0 Å². The largest absolute Gasteiger partial charge is 0.409 e. The number of ether oxygens (including phenoxy) is 1. The Morgan fingerprint density at radius 2 is 2.38 bits per heavy atom. The van der Waals surface area contributed by atoms with Crippen molar-refractivity contribution in [2.45, 2.75) is 25.9 Å². The van der Waals surface area contributed by atoms with Gasteiger partial charge in [0.1, 0.15) is 0 Å². The predicted octanol–water partition coefficient (Wildman–Crippen LogP) is 2.69. The fourth-order valence-corrected chi connectivity index (χ4v) is 3.01. The van der Waals surface area contributed by atoms with Gasteiger partial charge in [0, 0.05) is 25.3 Å². The molecule has 0 aromatic heterocycles. The molecule has 7 heteroatoms. The van der Waals surface area contributed by atoms with Crippen LogP contribution in [0.2, 0.25) is 0 Å². The van der Waals surface area contributed by atoms with Gasteiger partial charge in [-0.15, -0.1) is 0 Å². The molecule has 1 aliphatic heterocycles. The first-order chi connectivity index (χ1) is 10.1. The Kier molecular flexibility index (Phi) is 5.41. The lowest BCUT2D eigenvalue weighted by Crippen LogP contribution is -2.32. The number of amidine groups is 1. The van der Waals surface area contributed by atoms with Gasteiger partial charge in [-0.25, -0.2) is 4.39 Å². The Bertz CT molecular complexity index is 533. The SMILES string of the molecule is CCN(CC1CCCO1)c1ccc(/C(N)=N/O)c(Br)c1F. The molecule has 1 heterocycles. The van der Waals surface area contributed by atoms with Gasteiger partial charge in [-0.05, 0) is 47.8 Å². The summed E-state index contributed by atoms with van der Waals surface area (Å²) in [6.45, 7) is 4.07. The first kappa shape index (κ1) is 16.0. The van der Waals surface area contributed by atoms with Crippen molar-refractivity contribution in [3.63, 3.8) is 0 Å². The van der Waals surface area contributed by atoms with E-state index in [4.69, 9.17) is 15.7 Å². The second-order valence-corrected chi connectivity index (χ2v) is 5.71. The van der Waals surface area contributed by atoms with E-state index in [1.54, 1.807) is 12.1 Å². The van der Waals surface area contributed by atoms with Gasteiger partial charge in [-0.3, -0.25) is 0 Å². The topological polar surface area (TPSA) is 71.1 Å². The molecule has 21 heavy (non-hydrogen) atoms. The summed E-state index contributed by atoms with van der Waals surface area (Å²) in [5.74, 6) is -0.548. The third kappa shape index (κ3) is 3.47. The lowest BCUT2D eigenvalue weighted by atomic mass is 10.1. The van der Waals surface area contributed by atoms with E-state index in [1.165, 1.54) is 0 Å². The van der Waals surface area contributed by atoms with Crippen LogP contribution in [0, 0.1) is 5.82 Å². The predicted molar refractivity (Wildman–Crippen MR) is 83.5 cm³/mol. The molecule has 116 valence electrons. The van der Waals surface area contributed by atoms with Crippen molar-refractivity contribution >= 4 is 27.5 Å². The third-order valence-electron chi connectivity index (χ3n) is 3.62. The molecule has 1 aliphatic rings. The summed E-state index contributed by atoms with van der Waals surface area (Å²) in [5.41, 5.74) is 6.33. The molecule has 3 N–H and O–H groups in total. The van der Waals surface area contributed by atoms with Gasteiger partial charge in [-0.1, -0.05) is 5.16 Å². The number of benzene rings is 1. The zero-order chi connectivity index (χ0) is 15.4. The monoisotopic (exact) mass is 359 g/mol. The highest BCUT2D eigenvalue weighted by Crippen LogP contribution is 2.30. The molecule has 1 fully saturated rings. The van der Waals surface area contributed by atoms with Crippen molar-refractivity contribution in [1.82, 2.24) is 0 Å². The minimum atomic E-state index is -0.418. The second-order valence-electron chi connectivity index (χ2n) is 4.92. The second kappa shape index (κ2) is 7.09. The molecule has 1 unspecified atom stereocenters. The quantitative estimate of drug-likeness (QED) is 0.367. The van der Waals surface area contributed by atoms with Crippen LogP contribution in [0.3, 0.4) is 0 Å². The molecule has 1 aromatic carbocycles. The molecule has 0 aliphatic carbocycles. The van der Waals surface area contributed by atoms with E-state index in [-0.39, 0.29) is 16.4 Å². The fraction of sp³-hybridized carbons (Fsp3) is 0.500. The maximum atomic E-state index is 14.5. The molecule has 1 saturated heterocycles. The molecular formula is C14H19BrFN3O2. The number of anilines is 1. The van der Waals surface area contributed by atoms with Crippen LogP contribution in [0.4, 0.5) is 10.1 Å². The van der Waals surface area contributed by atoms with E-state index in [0.29, 0.717) is 24.3 Å². The Labute approximate surface area is 131 Å². The molecule has 2 rings (SSSR count). The van der Waals surface area contributed by atoms with Gasteiger partial charge in [0.2, 0.25) is 0 Å². The first-order valence-electron chi connectivity index (χ1n) is 6.90. The minimum absolute atomic E-state index is 0.130. The van der Waals surface area contributed by atoms with Crippen LogP contribution < -0.4 is 10.6 Å². The Morgan fingerprint density at radius 3 is 2.95 bits per heavy atom. The van der Waals surface area contributed by atoms with Crippen LogP contribution in [-0.2, 0) is 4.74 Å². The average molecular weight is 360 g/mol. The molecule has 0 radical (unpaired) electrons. The highest BCUT2D eigenvalue weighted by atomic mass is 79.9. The standard InChI is InChI=1S/C14H19BrFN3O2/c1-2-19(8-9-4-3-7-21-9)11-6-5-10(14(17)18-20)12(15)13(11)16/h5-6,9,20H,2-4,7-8H2,1H3,(H2,17,18). The summed E-state index contributed by atoms with van der Waals surface area (Å²) in [4.78, 5) is 1.94. The number of nitrogens with two attached hydrogens (primary N) is 1. The molecule has 0 saturated carbocycles. The van der Waals surface area contributed by atoms with E-state index < -0.39 is 5.82 Å². The molecular weight excluding hydrogens is 341 g/mol. The van der Waals surface area contributed by atoms with Crippen LogP contribution in [0.5, 0.6) is 0 Å². The van der Waals surface area contributed by atoms with E-state index in [0.717, 1.165) is 19.4 Å². The van der Waals surface area contributed by atoms with E-state index in [9.17, 15) is 4.39 Å². The van der Waals surface area contributed by atoms with E-state index in [2.05, 4.69) is 21.1 Å². The highest BCUT2D eigenvalue weighted by Gasteiger charge is 2.22.